The van der Waals surface area contributed by atoms with Gasteiger partial charge in [0.2, 0.25) is 0 Å². The van der Waals surface area contributed by atoms with Gasteiger partial charge in [0.25, 0.3) is 0 Å². The normalized spacial score (nSPS) is 21.4. The average molecular weight is 266 g/mol. The number of hydrogen-bond acceptors (Lipinski definition) is 2. The van der Waals surface area contributed by atoms with Crippen molar-refractivity contribution in [3.8, 4) is 0 Å². The molecule has 3 rings (SSSR count). The highest BCUT2D eigenvalue weighted by molar-refractivity contribution is 5.32. The molecule has 0 aliphatic heterocycles. The quantitative estimate of drug-likeness (QED) is 0.893. The van der Waals surface area contributed by atoms with Crippen LogP contribution in [0.15, 0.2) is 54.6 Å². The van der Waals surface area contributed by atoms with Gasteiger partial charge in [-0.2, -0.15) is 0 Å². The third-order valence-corrected chi connectivity index (χ3v) is 4.42. The Hall–Kier alpha value is -1.64. The number of nitrogens with one attached hydrogen (secondary N) is 1. The van der Waals surface area contributed by atoms with E-state index in [0.29, 0.717) is 6.54 Å². The second-order valence-electron chi connectivity index (χ2n) is 5.77. The van der Waals surface area contributed by atoms with E-state index in [2.05, 4.69) is 59.9 Å². The summed E-state index contributed by atoms with van der Waals surface area (Å²) in [6.45, 7) is 1.58. The smallest absolute Gasteiger partial charge is 0.0350 e. The van der Waals surface area contributed by atoms with Gasteiger partial charge in [-0.15, -0.1) is 0 Å². The fourth-order valence-corrected chi connectivity index (χ4v) is 3.08. The van der Waals surface area contributed by atoms with Gasteiger partial charge in [0.05, 0.1) is 0 Å². The van der Waals surface area contributed by atoms with Gasteiger partial charge >= 0.3 is 0 Å². The van der Waals surface area contributed by atoms with E-state index >= 15 is 0 Å². The zero-order chi connectivity index (χ0) is 13.8. The van der Waals surface area contributed by atoms with Gasteiger partial charge in [-0.1, -0.05) is 54.6 Å². The predicted molar refractivity (Wildman–Crippen MR) is 83.5 cm³/mol. The molecule has 0 saturated heterocycles. The fourth-order valence-electron chi connectivity index (χ4n) is 3.08. The molecule has 20 heavy (non-hydrogen) atoms. The number of hydrogen-bond donors (Lipinski definition) is 2. The first kappa shape index (κ1) is 13.3. The van der Waals surface area contributed by atoms with Gasteiger partial charge < -0.3 is 11.1 Å². The minimum Gasteiger partial charge on any atom is -0.329 e. The zero-order valence-electron chi connectivity index (χ0n) is 11.8. The lowest BCUT2D eigenvalue weighted by molar-refractivity contribution is 0.291. The Morgan fingerprint density at radius 2 is 1.65 bits per heavy atom. The van der Waals surface area contributed by atoms with E-state index in [0.717, 1.165) is 25.8 Å². The molecule has 1 aliphatic rings. The fraction of sp³-hybridized carbons (Fsp3) is 0.333. The molecule has 0 fully saturated rings. The van der Waals surface area contributed by atoms with Crippen LogP contribution in [0, 0.1) is 0 Å². The first-order valence-corrected chi connectivity index (χ1v) is 7.37. The highest BCUT2D eigenvalue weighted by Gasteiger charge is 2.32. The first-order chi connectivity index (χ1) is 9.81. The highest BCUT2D eigenvalue weighted by atomic mass is 15.0. The standard InChI is InChI=1S/C18H22N2/c19-14-18(20-13-15-6-2-1-3-7-15)11-10-16-8-4-5-9-17(16)12-18/h1-9,20H,10-14,19H2/t18-/m1/s1. The van der Waals surface area contributed by atoms with Crippen LogP contribution in [0.4, 0.5) is 0 Å². The van der Waals surface area contributed by atoms with Crippen molar-refractivity contribution in [2.24, 2.45) is 5.73 Å². The van der Waals surface area contributed by atoms with Crippen molar-refractivity contribution in [3.63, 3.8) is 0 Å². The van der Waals surface area contributed by atoms with Crippen molar-refractivity contribution in [3.05, 3.63) is 71.3 Å². The van der Waals surface area contributed by atoms with Crippen LogP contribution in [0.3, 0.4) is 0 Å². The Morgan fingerprint density at radius 1 is 0.950 bits per heavy atom. The van der Waals surface area contributed by atoms with Crippen molar-refractivity contribution in [1.29, 1.82) is 0 Å². The molecule has 0 aromatic heterocycles. The minimum atomic E-state index is 0.0458. The number of nitrogens with two attached hydrogens (primary N) is 1. The molecule has 0 amide bonds. The molecule has 0 bridgehead atoms. The van der Waals surface area contributed by atoms with Crippen LogP contribution in [0.2, 0.25) is 0 Å². The van der Waals surface area contributed by atoms with Crippen LogP contribution in [-0.2, 0) is 19.4 Å². The van der Waals surface area contributed by atoms with Crippen LogP contribution in [0.1, 0.15) is 23.1 Å². The molecule has 2 nitrogen and oxygen atoms in total. The Balaban J connectivity index is 1.73. The monoisotopic (exact) mass is 266 g/mol. The van der Waals surface area contributed by atoms with Gasteiger partial charge in [-0.3, -0.25) is 0 Å². The summed E-state index contributed by atoms with van der Waals surface area (Å²) in [6.07, 6.45) is 3.27. The van der Waals surface area contributed by atoms with E-state index in [-0.39, 0.29) is 5.54 Å². The Morgan fingerprint density at radius 3 is 2.40 bits per heavy atom. The van der Waals surface area contributed by atoms with Crippen LogP contribution in [0.25, 0.3) is 0 Å². The van der Waals surface area contributed by atoms with Crippen molar-refractivity contribution in [2.45, 2.75) is 31.3 Å². The summed E-state index contributed by atoms with van der Waals surface area (Å²) in [6, 6.07) is 19.3. The van der Waals surface area contributed by atoms with Crippen molar-refractivity contribution < 1.29 is 0 Å². The van der Waals surface area contributed by atoms with Gasteiger partial charge in [0.15, 0.2) is 0 Å². The molecule has 2 aromatic carbocycles. The molecule has 104 valence electrons. The van der Waals surface area contributed by atoms with E-state index in [1.165, 1.54) is 16.7 Å². The highest BCUT2D eigenvalue weighted by Crippen LogP contribution is 2.28. The zero-order valence-corrected chi connectivity index (χ0v) is 11.8. The molecule has 2 aromatic rings. The molecule has 1 aliphatic carbocycles. The maximum absolute atomic E-state index is 6.10. The van der Waals surface area contributed by atoms with Crippen LogP contribution >= 0.6 is 0 Å². The number of aryl methyl sites for hydroxylation is 1. The lowest BCUT2D eigenvalue weighted by atomic mass is 9.78. The third-order valence-electron chi connectivity index (χ3n) is 4.42. The Bertz CT molecular complexity index is 565. The lowest BCUT2D eigenvalue weighted by Crippen LogP contribution is -2.54. The molecule has 3 N–H and O–H groups in total. The third kappa shape index (κ3) is 2.77. The summed E-state index contributed by atoms with van der Waals surface area (Å²) in [5.74, 6) is 0. The summed E-state index contributed by atoms with van der Waals surface area (Å²) < 4.78 is 0. The molecule has 1 atom stereocenters. The van der Waals surface area contributed by atoms with E-state index in [9.17, 15) is 0 Å². The van der Waals surface area contributed by atoms with Crippen molar-refractivity contribution >= 4 is 0 Å². The molecule has 0 spiro atoms. The van der Waals surface area contributed by atoms with E-state index in [1.807, 2.05) is 0 Å². The van der Waals surface area contributed by atoms with E-state index in [4.69, 9.17) is 5.73 Å². The largest absolute Gasteiger partial charge is 0.329 e. The maximum Gasteiger partial charge on any atom is 0.0350 e. The summed E-state index contributed by atoms with van der Waals surface area (Å²) >= 11 is 0. The number of benzene rings is 2. The second kappa shape index (κ2) is 5.78. The summed E-state index contributed by atoms with van der Waals surface area (Å²) in [5, 5.41) is 3.72. The summed E-state index contributed by atoms with van der Waals surface area (Å²) in [5.41, 5.74) is 10.4. The van der Waals surface area contributed by atoms with Crippen molar-refractivity contribution in [2.75, 3.05) is 6.54 Å². The van der Waals surface area contributed by atoms with Gasteiger partial charge in [-0.05, 0) is 36.0 Å². The molecule has 0 radical (unpaired) electrons. The Labute approximate surface area is 121 Å². The van der Waals surface area contributed by atoms with Gasteiger partial charge in [0.1, 0.15) is 0 Å². The lowest BCUT2D eigenvalue weighted by Gasteiger charge is -2.38. The van der Waals surface area contributed by atoms with Gasteiger partial charge in [-0.25, -0.2) is 0 Å². The number of fused-ring (bicyclic) bond motifs is 1. The molecule has 0 unspecified atom stereocenters. The average Bonchev–Trinajstić information content (AvgIpc) is 2.54. The van der Waals surface area contributed by atoms with E-state index < -0.39 is 0 Å². The van der Waals surface area contributed by atoms with Crippen LogP contribution in [-0.4, -0.2) is 12.1 Å². The molecule has 0 saturated carbocycles. The molecule has 0 heterocycles. The molecular formula is C18H22N2. The SMILES string of the molecule is NC[C@@]1(NCc2ccccc2)CCc2ccccc2C1. The van der Waals surface area contributed by atoms with Crippen LogP contribution < -0.4 is 11.1 Å². The number of rotatable bonds is 4. The minimum absolute atomic E-state index is 0.0458. The topological polar surface area (TPSA) is 38.0 Å². The maximum atomic E-state index is 6.10. The first-order valence-electron chi connectivity index (χ1n) is 7.37. The van der Waals surface area contributed by atoms with Crippen LogP contribution in [0.5, 0.6) is 0 Å². The Kier molecular flexibility index (Phi) is 3.86. The van der Waals surface area contributed by atoms with Crippen molar-refractivity contribution in [1.82, 2.24) is 5.32 Å². The molecular weight excluding hydrogens is 244 g/mol. The second-order valence-corrected chi connectivity index (χ2v) is 5.77. The van der Waals surface area contributed by atoms with E-state index in [1.54, 1.807) is 0 Å². The molecule has 2 heteroatoms. The van der Waals surface area contributed by atoms with Gasteiger partial charge in [0, 0.05) is 18.6 Å². The summed E-state index contributed by atoms with van der Waals surface area (Å²) in [7, 11) is 0. The summed E-state index contributed by atoms with van der Waals surface area (Å²) in [4.78, 5) is 0. The predicted octanol–water partition coefficient (Wildman–Crippen LogP) is 2.66.